The minimum absolute atomic E-state index is 0.00759. The highest BCUT2D eigenvalue weighted by Gasteiger charge is 2.52. The molecule has 0 aromatic heterocycles. The van der Waals surface area contributed by atoms with E-state index < -0.39 is 23.5 Å². The highest BCUT2D eigenvalue weighted by atomic mass is 35.5. The van der Waals surface area contributed by atoms with Crippen molar-refractivity contribution < 1.29 is 27.9 Å². The third kappa shape index (κ3) is 7.34. The molecule has 1 aromatic carbocycles. The summed E-state index contributed by atoms with van der Waals surface area (Å²) in [5.74, 6) is -2.45. The molecular formula is C17H25ClF3NO3. The van der Waals surface area contributed by atoms with E-state index in [2.05, 4.69) is 5.32 Å². The van der Waals surface area contributed by atoms with Crippen molar-refractivity contribution in [1.29, 1.82) is 0 Å². The van der Waals surface area contributed by atoms with Crippen molar-refractivity contribution in [2.24, 2.45) is 5.41 Å². The van der Waals surface area contributed by atoms with Gasteiger partial charge >= 0.3 is 12.1 Å². The van der Waals surface area contributed by atoms with Crippen LogP contribution in [0.1, 0.15) is 57.5 Å². The Balaban J connectivity index is 0. The number of hydrogen-bond acceptors (Lipinski definition) is 2. The molecule has 0 saturated heterocycles. The number of benzene rings is 1. The van der Waals surface area contributed by atoms with Crippen LogP contribution in [-0.4, -0.2) is 23.2 Å². The molecule has 2 N–H and O–H groups in total. The molecule has 0 saturated carbocycles. The fraction of sp³-hybridized carbons (Fsp3) is 0.529. The van der Waals surface area contributed by atoms with Crippen molar-refractivity contribution in [3.63, 3.8) is 0 Å². The van der Waals surface area contributed by atoms with Gasteiger partial charge in [-0.1, -0.05) is 45.4 Å². The summed E-state index contributed by atoms with van der Waals surface area (Å²) in [6.07, 6.45) is -4.68. The Bertz CT molecular complexity index is 573. The molecule has 0 unspecified atom stereocenters. The molecule has 0 aliphatic rings. The van der Waals surface area contributed by atoms with Crippen molar-refractivity contribution in [3.05, 3.63) is 34.3 Å². The number of carboxylic acid groups (broad SMARTS) is 1. The van der Waals surface area contributed by atoms with Crippen molar-refractivity contribution in [1.82, 2.24) is 5.32 Å². The van der Waals surface area contributed by atoms with Gasteiger partial charge in [0.1, 0.15) is 5.41 Å². The van der Waals surface area contributed by atoms with Gasteiger partial charge in [0.2, 0.25) is 5.91 Å². The lowest BCUT2D eigenvalue weighted by Gasteiger charge is -2.26. The highest BCUT2D eigenvalue weighted by molar-refractivity contribution is 6.33. The van der Waals surface area contributed by atoms with E-state index in [0.717, 1.165) is 13.8 Å². The number of carboxylic acids is 1. The molecule has 0 aliphatic heterocycles. The summed E-state index contributed by atoms with van der Waals surface area (Å²) in [5.41, 5.74) is -2.38. The van der Waals surface area contributed by atoms with Crippen molar-refractivity contribution in [2.75, 3.05) is 0 Å². The first-order chi connectivity index (χ1) is 11.5. The van der Waals surface area contributed by atoms with E-state index in [-0.39, 0.29) is 17.1 Å². The van der Waals surface area contributed by atoms with Crippen LogP contribution in [0.5, 0.6) is 0 Å². The molecular weight excluding hydrogens is 359 g/mol. The van der Waals surface area contributed by atoms with Crippen LogP contribution in [0.3, 0.4) is 0 Å². The third-order valence-electron chi connectivity index (χ3n) is 2.99. The van der Waals surface area contributed by atoms with Gasteiger partial charge < -0.3 is 10.4 Å². The second-order valence-electron chi connectivity index (χ2n) is 4.92. The first kappa shape index (κ1) is 25.5. The van der Waals surface area contributed by atoms with Gasteiger partial charge in [0.15, 0.2) is 0 Å². The zero-order chi connectivity index (χ0) is 20.4. The SMILES string of the molecule is CC.CC.CC(C)(C(=O)NCc1ccc(Cl)c(C(=O)O)c1)C(F)(F)F. The van der Waals surface area contributed by atoms with Gasteiger partial charge in [-0.25, -0.2) is 4.79 Å². The Morgan fingerprint density at radius 1 is 1.12 bits per heavy atom. The number of carbonyl (C=O) groups excluding carboxylic acids is 1. The van der Waals surface area contributed by atoms with Gasteiger partial charge in [-0.2, -0.15) is 13.2 Å². The quantitative estimate of drug-likeness (QED) is 0.741. The lowest BCUT2D eigenvalue weighted by Crippen LogP contribution is -2.46. The van der Waals surface area contributed by atoms with Crippen LogP contribution < -0.4 is 5.32 Å². The zero-order valence-corrected chi connectivity index (χ0v) is 16.0. The number of carbonyl (C=O) groups is 2. The van der Waals surface area contributed by atoms with Crippen LogP contribution in [0, 0.1) is 5.41 Å². The normalized spacial score (nSPS) is 10.6. The van der Waals surface area contributed by atoms with E-state index in [0.29, 0.717) is 5.56 Å². The van der Waals surface area contributed by atoms with Crippen LogP contribution in [0.25, 0.3) is 0 Å². The topological polar surface area (TPSA) is 66.4 Å². The van der Waals surface area contributed by atoms with Crippen LogP contribution in [-0.2, 0) is 11.3 Å². The average Bonchev–Trinajstić information content (AvgIpc) is 2.56. The minimum atomic E-state index is -4.68. The number of rotatable bonds is 4. The second-order valence-corrected chi connectivity index (χ2v) is 5.33. The summed E-state index contributed by atoms with van der Waals surface area (Å²) in [7, 11) is 0. The summed E-state index contributed by atoms with van der Waals surface area (Å²) in [6.45, 7) is 9.32. The van der Waals surface area contributed by atoms with E-state index in [1.54, 1.807) is 0 Å². The number of alkyl halides is 3. The molecule has 0 aliphatic carbocycles. The van der Waals surface area contributed by atoms with Gasteiger partial charge in [-0.05, 0) is 31.5 Å². The molecule has 1 aromatic rings. The Hall–Kier alpha value is -1.76. The molecule has 0 fully saturated rings. The summed E-state index contributed by atoms with van der Waals surface area (Å²) >= 11 is 5.67. The van der Waals surface area contributed by atoms with Gasteiger partial charge in [-0.3, -0.25) is 4.79 Å². The fourth-order valence-electron chi connectivity index (χ4n) is 1.38. The molecule has 4 nitrogen and oxygen atoms in total. The zero-order valence-electron chi connectivity index (χ0n) is 15.2. The van der Waals surface area contributed by atoms with Crippen LogP contribution in [0.2, 0.25) is 5.02 Å². The number of amides is 1. The molecule has 0 bridgehead atoms. The Labute approximate surface area is 151 Å². The standard InChI is InChI=1S/C13H13ClF3NO3.2C2H6/c1-12(2,13(15,16)17)11(21)18-6-7-3-4-9(14)8(5-7)10(19)20;2*1-2/h3-5H,6H2,1-2H3,(H,18,21)(H,19,20);2*1-2H3. The summed E-state index contributed by atoms with van der Waals surface area (Å²) < 4.78 is 38.0. The first-order valence-electron chi connectivity index (χ1n) is 7.83. The number of hydrogen-bond donors (Lipinski definition) is 2. The van der Waals surface area contributed by atoms with Crippen molar-refractivity contribution >= 4 is 23.5 Å². The summed E-state index contributed by atoms with van der Waals surface area (Å²) in [5, 5.41) is 11.0. The number of aromatic carboxylic acids is 1. The largest absolute Gasteiger partial charge is 0.478 e. The van der Waals surface area contributed by atoms with Gasteiger partial charge in [0, 0.05) is 6.54 Å². The maximum Gasteiger partial charge on any atom is 0.402 e. The monoisotopic (exact) mass is 383 g/mol. The van der Waals surface area contributed by atoms with Gasteiger partial charge in [-0.15, -0.1) is 0 Å². The average molecular weight is 384 g/mol. The smallest absolute Gasteiger partial charge is 0.402 e. The van der Waals surface area contributed by atoms with Crippen LogP contribution >= 0.6 is 11.6 Å². The summed E-state index contributed by atoms with van der Waals surface area (Å²) in [6, 6.07) is 3.93. The van der Waals surface area contributed by atoms with Crippen molar-refractivity contribution in [2.45, 2.75) is 54.3 Å². The van der Waals surface area contributed by atoms with Gasteiger partial charge in [0.25, 0.3) is 0 Å². The number of nitrogens with one attached hydrogen (secondary N) is 1. The van der Waals surface area contributed by atoms with Gasteiger partial charge in [0.05, 0.1) is 10.6 Å². The molecule has 0 atom stereocenters. The first-order valence-corrected chi connectivity index (χ1v) is 8.21. The lowest BCUT2D eigenvalue weighted by molar-refractivity contribution is -0.211. The minimum Gasteiger partial charge on any atom is -0.478 e. The van der Waals surface area contributed by atoms with E-state index in [1.165, 1.54) is 18.2 Å². The predicted octanol–water partition coefficient (Wildman–Crippen LogP) is 5.30. The Kier molecular flexibility index (Phi) is 11.2. The maximum absolute atomic E-state index is 12.7. The van der Waals surface area contributed by atoms with Crippen LogP contribution in [0.15, 0.2) is 18.2 Å². The second kappa shape index (κ2) is 11.0. The van der Waals surface area contributed by atoms with Crippen LogP contribution in [0.4, 0.5) is 13.2 Å². The Morgan fingerprint density at radius 3 is 2.00 bits per heavy atom. The van der Waals surface area contributed by atoms with E-state index in [9.17, 15) is 22.8 Å². The number of halogens is 4. The van der Waals surface area contributed by atoms with E-state index in [4.69, 9.17) is 16.7 Å². The van der Waals surface area contributed by atoms with Crippen molar-refractivity contribution in [3.8, 4) is 0 Å². The molecule has 8 heteroatoms. The molecule has 144 valence electrons. The maximum atomic E-state index is 12.7. The highest BCUT2D eigenvalue weighted by Crippen LogP contribution is 2.37. The Morgan fingerprint density at radius 2 is 1.60 bits per heavy atom. The molecule has 0 spiro atoms. The third-order valence-corrected chi connectivity index (χ3v) is 3.32. The molecule has 0 radical (unpaired) electrons. The fourth-order valence-corrected chi connectivity index (χ4v) is 1.58. The predicted molar refractivity (Wildman–Crippen MR) is 92.8 cm³/mol. The van der Waals surface area contributed by atoms with E-state index >= 15 is 0 Å². The molecule has 25 heavy (non-hydrogen) atoms. The molecule has 0 heterocycles. The lowest BCUT2D eigenvalue weighted by atomic mass is 9.91. The molecule has 1 amide bonds. The summed E-state index contributed by atoms with van der Waals surface area (Å²) in [4.78, 5) is 22.5. The molecule has 1 rings (SSSR count). The van der Waals surface area contributed by atoms with E-state index in [1.807, 2.05) is 27.7 Å².